The third kappa shape index (κ3) is 5.68. The van der Waals surface area contributed by atoms with E-state index in [1.807, 2.05) is 12.3 Å². The molecule has 10 rings (SSSR count). The van der Waals surface area contributed by atoms with Crippen LogP contribution in [0, 0.1) is 19.1 Å². The normalized spacial score (nSPS) is 12.5. The van der Waals surface area contributed by atoms with Gasteiger partial charge >= 0.3 is 21.1 Å². The van der Waals surface area contributed by atoms with Crippen molar-refractivity contribution in [1.82, 2.24) is 9.55 Å². The summed E-state index contributed by atoms with van der Waals surface area (Å²) in [6.07, 6.45) is 1.89. The topological polar surface area (TPSA) is 24.3 Å². The number of hydrogen-bond acceptors (Lipinski definition) is 3. The van der Waals surface area contributed by atoms with Gasteiger partial charge in [0.15, 0.2) is 0 Å². The van der Waals surface area contributed by atoms with Crippen molar-refractivity contribution in [1.29, 1.82) is 0 Å². The molecule has 1 aliphatic heterocycles. The molecular weight excluding hydrogens is 852 g/mol. The Balaban J connectivity index is 0.00000397. The Bertz CT molecular complexity index is 2740. The fourth-order valence-corrected chi connectivity index (χ4v) is 8.38. The minimum Gasteiger partial charge on any atom is -0.345 e. The number of hydrogen-bond donors (Lipinski definition) is 0. The zero-order valence-electron chi connectivity index (χ0n) is 30.2. The van der Waals surface area contributed by atoms with Gasteiger partial charge in [0.2, 0.25) is 0 Å². The van der Waals surface area contributed by atoms with Crippen LogP contribution in [0.3, 0.4) is 0 Å². The van der Waals surface area contributed by atoms with Crippen LogP contribution in [0.25, 0.3) is 27.6 Å². The maximum Gasteiger partial charge on any atom is 2.00 e. The molecule has 7 aromatic carbocycles. The molecule has 2 aromatic heterocycles. The summed E-state index contributed by atoms with van der Waals surface area (Å²) in [5.74, 6) is 0.879. The van der Waals surface area contributed by atoms with Gasteiger partial charge in [-0.15, -0.1) is 22.6 Å². The molecule has 0 aliphatic carbocycles. The Morgan fingerprint density at radius 1 is 0.545 bits per heavy atom. The molecule has 0 saturated heterocycles. The van der Waals surface area contributed by atoms with Gasteiger partial charge in [-0.05, 0) is 71.5 Å². The number of fused-ring (bicyclic) bond motifs is 4. The van der Waals surface area contributed by atoms with Crippen LogP contribution in [0.4, 0.5) is 22.7 Å². The van der Waals surface area contributed by atoms with Crippen molar-refractivity contribution >= 4 is 44.6 Å². The van der Waals surface area contributed by atoms with E-state index < -0.39 is 5.41 Å². The molecule has 0 amide bonds. The van der Waals surface area contributed by atoms with Gasteiger partial charge in [0.1, 0.15) is 5.82 Å². The molecule has 0 saturated carbocycles. The summed E-state index contributed by atoms with van der Waals surface area (Å²) in [5, 5.41) is 2.31. The summed E-state index contributed by atoms with van der Waals surface area (Å²) in [4.78, 5) is 9.63. The number of nitrogens with zero attached hydrogens (tertiary/aromatic N) is 4. The minimum atomic E-state index is -0.758. The molecule has 0 fully saturated rings. The van der Waals surface area contributed by atoms with Crippen LogP contribution in [0.2, 0.25) is 0 Å². The molecule has 0 unspecified atom stereocenters. The summed E-state index contributed by atoms with van der Waals surface area (Å²) >= 11 is 0. The van der Waals surface area contributed by atoms with Crippen LogP contribution in [0.15, 0.2) is 188 Å². The number of para-hydroxylation sites is 4. The van der Waals surface area contributed by atoms with Crippen molar-refractivity contribution in [2.45, 2.75) is 12.3 Å². The van der Waals surface area contributed by atoms with Gasteiger partial charge in [0, 0.05) is 22.8 Å². The van der Waals surface area contributed by atoms with E-state index >= 15 is 0 Å². The Morgan fingerprint density at radius 3 is 1.87 bits per heavy atom. The first-order valence-electron chi connectivity index (χ1n) is 18.4. The van der Waals surface area contributed by atoms with E-state index in [4.69, 9.17) is 4.98 Å². The van der Waals surface area contributed by atoms with Crippen molar-refractivity contribution in [2.75, 3.05) is 16.5 Å². The van der Waals surface area contributed by atoms with Gasteiger partial charge in [-0.3, -0.25) is 0 Å². The molecule has 0 atom stereocenters. The van der Waals surface area contributed by atoms with Crippen LogP contribution >= 0.6 is 0 Å². The molecule has 1 aliphatic rings. The van der Waals surface area contributed by atoms with E-state index in [0.717, 1.165) is 67.1 Å². The number of benzene rings is 7. The summed E-state index contributed by atoms with van der Waals surface area (Å²) < 4.78 is 2.27. The predicted octanol–water partition coefficient (Wildman–Crippen LogP) is 11.7. The largest absolute Gasteiger partial charge is 2.00 e. The number of anilines is 4. The van der Waals surface area contributed by atoms with Crippen LogP contribution in [0.1, 0.15) is 27.8 Å². The van der Waals surface area contributed by atoms with Crippen molar-refractivity contribution in [3.05, 3.63) is 228 Å². The first-order valence-corrected chi connectivity index (χ1v) is 18.4. The van der Waals surface area contributed by atoms with Gasteiger partial charge in [-0.25, -0.2) is 4.98 Å². The average Bonchev–Trinajstić information content (AvgIpc) is 3.79. The maximum absolute atomic E-state index is 4.88. The molecule has 55 heavy (non-hydrogen) atoms. The van der Waals surface area contributed by atoms with E-state index in [-0.39, 0.29) is 21.1 Å². The van der Waals surface area contributed by atoms with Gasteiger partial charge in [-0.2, -0.15) is 36.4 Å². The van der Waals surface area contributed by atoms with Crippen LogP contribution in [0.5, 0.6) is 0 Å². The van der Waals surface area contributed by atoms with E-state index in [2.05, 4.69) is 209 Å². The Morgan fingerprint density at radius 2 is 1.16 bits per heavy atom. The third-order valence-corrected chi connectivity index (χ3v) is 10.8. The second-order valence-electron chi connectivity index (χ2n) is 13.9. The summed E-state index contributed by atoms with van der Waals surface area (Å²) in [6, 6.07) is 73.0. The van der Waals surface area contributed by atoms with E-state index in [9.17, 15) is 0 Å². The molecule has 5 heteroatoms. The molecule has 0 radical (unpaired) electrons. The molecule has 0 N–H and O–H groups in total. The van der Waals surface area contributed by atoms with Crippen molar-refractivity contribution in [3.8, 4) is 5.82 Å². The monoisotopic (exact) mass is 887 g/mol. The second-order valence-corrected chi connectivity index (χ2v) is 13.9. The third-order valence-electron chi connectivity index (χ3n) is 10.8. The number of pyridine rings is 1. The van der Waals surface area contributed by atoms with Crippen molar-refractivity contribution < 1.29 is 21.1 Å². The predicted molar refractivity (Wildman–Crippen MR) is 221 cm³/mol. The zero-order chi connectivity index (χ0) is 36.1. The minimum absolute atomic E-state index is 0. The van der Waals surface area contributed by atoms with Crippen LogP contribution in [-0.2, 0) is 26.5 Å². The number of rotatable bonds is 7. The smallest absolute Gasteiger partial charge is 0.345 e. The number of aryl methyl sites for hydroxylation is 1. The fourth-order valence-electron chi connectivity index (χ4n) is 8.38. The maximum atomic E-state index is 4.88. The Kier molecular flexibility index (Phi) is 8.92. The second kappa shape index (κ2) is 14.2. The summed E-state index contributed by atoms with van der Waals surface area (Å²) in [7, 11) is 0. The summed E-state index contributed by atoms with van der Waals surface area (Å²) in [6.45, 7) is 2.79. The molecule has 4 nitrogen and oxygen atoms in total. The van der Waals surface area contributed by atoms with Crippen molar-refractivity contribution in [2.24, 2.45) is 0 Å². The molecular formula is C50H36N4Pt. The molecule has 9 aromatic rings. The van der Waals surface area contributed by atoms with Gasteiger partial charge in [-0.1, -0.05) is 120 Å². The molecule has 0 spiro atoms. The van der Waals surface area contributed by atoms with Gasteiger partial charge < -0.3 is 14.4 Å². The first kappa shape index (κ1) is 34.5. The first-order chi connectivity index (χ1) is 26.7. The zero-order valence-corrected chi connectivity index (χ0v) is 32.5. The standard InChI is InChI=1S/C50H36N4.Pt/c1-36-30-31-51-49(32-36)54-45-25-12-11-24-43(45)44-29-28-40(34-48(44)54)50(37-16-5-2-6-17-37,38-18-7-3-8-19-38)39-20-15-23-42(33-39)53-35-52(41-21-9-4-10-22-41)46-26-13-14-27-47(46)53;/h2-32H,35H2,1H3;/q-2;+2. The van der Waals surface area contributed by atoms with Gasteiger partial charge in [0.25, 0.3) is 0 Å². The van der Waals surface area contributed by atoms with Crippen molar-refractivity contribution in [3.63, 3.8) is 0 Å². The van der Waals surface area contributed by atoms with Gasteiger partial charge in [0.05, 0.1) is 18.0 Å². The average molecular weight is 888 g/mol. The SMILES string of the molecule is Cc1ccnc(-n2c3[c-]c(C(c4[c-]c(N5CN(c6ccccc6)c6ccccc65)ccc4)(c4ccccc4)c4ccccc4)ccc3c3ccccc32)c1.[Pt+2]. The Labute approximate surface area is 336 Å². The number of aromatic nitrogens is 2. The van der Waals surface area contributed by atoms with E-state index in [0.29, 0.717) is 6.67 Å². The molecule has 0 bridgehead atoms. The Hall–Kier alpha value is -6.22. The summed E-state index contributed by atoms with van der Waals surface area (Å²) in [5.41, 5.74) is 11.4. The van der Waals surface area contributed by atoms with Crippen LogP contribution in [-0.4, -0.2) is 16.2 Å². The van der Waals surface area contributed by atoms with E-state index in [1.165, 1.54) is 11.1 Å². The van der Waals surface area contributed by atoms with E-state index in [1.54, 1.807) is 0 Å². The quantitative estimate of drug-likeness (QED) is 0.118. The fraction of sp³-hybridized carbons (Fsp3) is 0.0600. The molecule has 3 heterocycles. The molecule has 266 valence electrons. The van der Waals surface area contributed by atoms with Crippen LogP contribution < -0.4 is 9.80 Å².